The van der Waals surface area contributed by atoms with E-state index in [1.807, 2.05) is 12.1 Å². The van der Waals surface area contributed by atoms with Crippen LogP contribution in [0.25, 0.3) is 11.0 Å². The molecule has 21 heavy (non-hydrogen) atoms. The third-order valence-corrected chi connectivity index (χ3v) is 4.45. The molecule has 0 aliphatic carbocycles. The predicted molar refractivity (Wildman–Crippen MR) is 89.2 cm³/mol. The second kappa shape index (κ2) is 7.17. The van der Waals surface area contributed by atoms with E-state index in [0.29, 0.717) is 24.4 Å². The molecular formula is C17H25ClN2O. The first-order chi connectivity index (χ1) is 10.1. The second-order valence-corrected chi connectivity index (χ2v) is 5.90. The zero-order valence-corrected chi connectivity index (χ0v) is 14.2. The number of hydrogen-bond donors (Lipinski definition) is 0. The molecule has 2 aromatic rings. The largest absolute Gasteiger partial charge is 0.491 e. The summed E-state index contributed by atoms with van der Waals surface area (Å²) in [5.74, 6) is 2.77. The van der Waals surface area contributed by atoms with Crippen molar-refractivity contribution in [3.05, 3.63) is 24.0 Å². The first-order valence-electron chi connectivity index (χ1n) is 7.82. The molecule has 0 aliphatic rings. The number of fused-ring (bicyclic) bond motifs is 1. The smallest absolute Gasteiger partial charge is 0.147 e. The molecule has 0 spiro atoms. The molecule has 1 aromatic heterocycles. The van der Waals surface area contributed by atoms with E-state index in [4.69, 9.17) is 21.3 Å². The number of nitrogens with zero attached hydrogens (tertiary/aromatic N) is 2. The maximum absolute atomic E-state index is 6.13. The average molecular weight is 309 g/mol. The van der Waals surface area contributed by atoms with Crippen LogP contribution in [0.5, 0.6) is 5.75 Å². The fourth-order valence-corrected chi connectivity index (χ4v) is 2.80. The van der Waals surface area contributed by atoms with Crippen molar-refractivity contribution in [2.45, 2.75) is 52.5 Å². The van der Waals surface area contributed by atoms with Crippen LogP contribution in [0.1, 0.15) is 52.4 Å². The normalized spacial score (nSPS) is 14.3. The summed E-state index contributed by atoms with van der Waals surface area (Å²) in [5, 5.41) is 0. The number of aromatic nitrogens is 2. The molecule has 0 bridgehead atoms. The van der Waals surface area contributed by atoms with Gasteiger partial charge in [0.15, 0.2) is 0 Å². The summed E-state index contributed by atoms with van der Waals surface area (Å²) in [6.45, 7) is 9.55. The Balaban J connectivity index is 2.54. The number of para-hydroxylation sites is 1. The monoisotopic (exact) mass is 308 g/mol. The minimum Gasteiger partial charge on any atom is -0.491 e. The lowest BCUT2D eigenvalue weighted by molar-refractivity contribution is 0.320. The van der Waals surface area contributed by atoms with Crippen LogP contribution in [-0.2, 0) is 5.88 Å². The molecule has 0 N–H and O–H groups in total. The average Bonchev–Trinajstić information content (AvgIpc) is 2.90. The lowest BCUT2D eigenvalue weighted by Crippen LogP contribution is -2.15. The highest BCUT2D eigenvalue weighted by Crippen LogP contribution is 2.32. The van der Waals surface area contributed by atoms with Crippen molar-refractivity contribution in [3.8, 4) is 5.75 Å². The Labute approximate surface area is 132 Å². The number of ether oxygens (including phenoxy) is 1. The molecule has 3 nitrogen and oxygen atoms in total. The minimum absolute atomic E-state index is 0.371. The van der Waals surface area contributed by atoms with E-state index in [2.05, 4.69) is 38.3 Å². The molecule has 2 unspecified atom stereocenters. The number of imidazole rings is 1. The van der Waals surface area contributed by atoms with Crippen molar-refractivity contribution in [3.63, 3.8) is 0 Å². The SMILES string of the molecule is CCCOc1cccc2c1nc(CCl)n2C(C)C(C)CC. The van der Waals surface area contributed by atoms with E-state index in [9.17, 15) is 0 Å². The molecule has 116 valence electrons. The molecular weight excluding hydrogens is 284 g/mol. The molecule has 1 aromatic carbocycles. The fourth-order valence-electron chi connectivity index (χ4n) is 2.61. The van der Waals surface area contributed by atoms with Crippen LogP contribution in [0.2, 0.25) is 0 Å². The zero-order chi connectivity index (χ0) is 15.4. The molecule has 0 aliphatic heterocycles. The summed E-state index contributed by atoms with van der Waals surface area (Å²) in [6.07, 6.45) is 2.12. The molecule has 1 heterocycles. The van der Waals surface area contributed by atoms with Crippen LogP contribution >= 0.6 is 11.6 Å². The van der Waals surface area contributed by atoms with Gasteiger partial charge in [0.25, 0.3) is 0 Å². The first kappa shape index (κ1) is 16.2. The van der Waals surface area contributed by atoms with Crippen LogP contribution in [0.15, 0.2) is 18.2 Å². The van der Waals surface area contributed by atoms with Gasteiger partial charge in [0.1, 0.15) is 17.1 Å². The van der Waals surface area contributed by atoms with Crippen molar-refractivity contribution >= 4 is 22.6 Å². The summed E-state index contributed by atoms with van der Waals surface area (Å²) in [7, 11) is 0. The van der Waals surface area contributed by atoms with Gasteiger partial charge in [0.05, 0.1) is 18.0 Å². The first-order valence-corrected chi connectivity index (χ1v) is 8.36. The van der Waals surface area contributed by atoms with Gasteiger partial charge < -0.3 is 9.30 Å². The van der Waals surface area contributed by atoms with Crippen LogP contribution in [-0.4, -0.2) is 16.2 Å². The van der Waals surface area contributed by atoms with E-state index >= 15 is 0 Å². The molecule has 2 atom stereocenters. The molecule has 0 saturated heterocycles. The maximum atomic E-state index is 6.13. The van der Waals surface area contributed by atoms with E-state index < -0.39 is 0 Å². The van der Waals surface area contributed by atoms with Crippen LogP contribution in [0.3, 0.4) is 0 Å². The van der Waals surface area contributed by atoms with Gasteiger partial charge in [-0.25, -0.2) is 4.98 Å². The van der Waals surface area contributed by atoms with Gasteiger partial charge >= 0.3 is 0 Å². The topological polar surface area (TPSA) is 27.1 Å². The summed E-state index contributed by atoms with van der Waals surface area (Å²) in [5.41, 5.74) is 2.05. The molecule has 2 rings (SSSR count). The van der Waals surface area contributed by atoms with E-state index in [1.165, 1.54) is 0 Å². The Kier molecular flexibility index (Phi) is 5.51. The summed E-state index contributed by atoms with van der Waals surface area (Å²) >= 11 is 6.13. The van der Waals surface area contributed by atoms with Gasteiger partial charge in [-0.15, -0.1) is 11.6 Å². The highest BCUT2D eigenvalue weighted by molar-refractivity contribution is 6.16. The molecule has 4 heteroatoms. The summed E-state index contributed by atoms with van der Waals surface area (Å²) in [6, 6.07) is 6.50. The van der Waals surface area contributed by atoms with Crippen molar-refractivity contribution in [2.24, 2.45) is 5.92 Å². The number of halogens is 1. The summed E-state index contributed by atoms with van der Waals surface area (Å²) < 4.78 is 8.10. The predicted octanol–water partition coefficient (Wildman–Crippen LogP) is 5.17. The van der Waals surface area contributed by atoms with Gasteiger partial charge in [0.2, 0.25) is 0 Å². The van der Waals surface area contributed by atoms with Gasteiger partial charge in [-0.1, -0.05) is 33.3 Å². The quantitative estimate of drug-likeness (QED) is 0.660. The second-order valence-electron chi connectivity index (χ2n) is 5.63. The van der Waals surface area contributed by atoms with Gasteiger partial charge in [-0.3, -0.25) is 0 Å². The van der Waals surface area contributed by atoms with Crippen molar-refractivity contribution < 1.29 is 4.74 Å². The highest BCUT2D eigenvalue weighted by Gasteiger charge is 2.20. The Morgan fingerprint density at radius 1 is 1.29 bits per heavy atom. The van der Waals surface area contributed by atoms with Crippen molar-refractivity contribution in [1.29, 1.82) is 0 Å². The van der Waals surface area contributed by atoms with Crippen LogP contribution < -0.4 is 4.74 Å². The molecule has 0 saturated carbocycles. The van der Waals surface area contributed by atoms with E-state index in [0.717, 1.165) is 35.4 Å². The third-order valence-electron chi connectivity index (χ3n) is 4.21. The number of hydrogen-bond acceptors (Lipinski definition) is 2. The van der Waals surface area contributed by atoms with E-state index in [1.54, 1.807) is 0 Å². The van der Waals surface area contributed by atoms with Gasteiger partial charge in [0, 0.05) is 6.04 Å². The Hall–Kier alpha value is -1.22. The third kappa shape index (κ3) is 3.18. The Morgan fingerprint density at radius 3 is 2.67 bits per heavy atom. The number of alkyl halides is 1. The lowest BCUT2D eigenvalue weighted by Gasteiger charge is -2.22. The Bertz CT molecular complexity index is 594. The van der Waals surface area contributed by atoms with Gasteiger partial charge in [-0.2, -0.15) is 0 Å². The minimum atomic E-state index is 0.371. The number of benzene rings is 1. The molecule has 0 amide bonds. The lowest BCUT2D eigenvalue weighted by atomic mass is 10.0. The summed E-state index contributed by atoms with van der Waals surface area (Å²) in [4.78, 5) is 4.73. The van der Waals surface area contributed by atoms with Crippen molar-refractivity contribution in [2.75, 3.05) is 6.61 Å². The van der Waals surface area contributed by atoms with Crippen LogP contribution in [0.4, 0.5) is 0 Å². The molecule has 0 fully saturated rings. The fraction of sp³-hybridized carbons (Fsp3) is 0.588. The van der Waals surface area contributed by atoms with Crippen LogP contribution in [0, 0.1) is 5.92 Å². The zero-order valence-electron chi connectivity index (χ0n) is 13.4. The Morgan fingerprint density at radius 2 is 2.05 bits per heavy atom. The van der Waals surface area contributed by atoms with E-state index in [-0.39, 0.29) is 0 Å². The van der Waals surface area contributed by atoms with Crippen molar-refractivity contribution in [1.82, 2.24) is 9.55 Å². The molecule has 0 radical (unpaired) electrons. The standard InChI is InChI=1S/C17H25ClN2O/c1-5-10-21-15-9-7-8-14-17(15)19-16(11-18)20(14)13(4)12(3)6-2/h7-9,12-13H,5-6,10-11H2,1-4H3. The maximum Gasteiger partial charge on any atom is 0.147 e. The highest BCUT2D eigenvalue weighted by atomic mass is 35.5. The van der Waals surface area contributed by atoms with Gasteiger partial charge in [-0.05, 0) is 31.4 Å². The number of rotatable bonds is 7.